The third-order valence-corrected chi connectivity index (χ3v) is 7.17. The van der Waals surface area contributed by atoms with Gasteiger partial charge in [0.2, 0.25) is 0 Å². The van der Waals surface area contributed by atoms with Gasteiger partial charge in [0.15, 0.2) is 16.1 Å². The van der Waals surface area contributed by atoms with Crippen molar-refractivity contribution in [3.63, 3.8) is 0 Å². The zero-order chi connectivity index (χ0) is 20.9. The molecular weight excluding hydrogens is 458 g/mol. The van der Waals surface area contributed by atoms with Gasteiger partial charge in [-0.1, -0.05) is 40.2 Å². The van der Waals surface area contributed by atoms with Gasteiger partial charge in [-0.25, -0.2) is 8.42 Å². The van der Waals surface area contributed by atoms with E-state index < -0.39 is 15.9 Å². The molecule has 6 nitrogen and oxygen atoms in total. The van der Waals surface area contributed by atoms with Gasteiger partial charge in [-0.15, -0.1) is 0 Å². The molecular formula is C21H24BrNO5S. The minimum atomic E-state index is -3.04. The Hall–Kier alpha value is -1.74. The molecule has 2 aromatic carbocycles. The second-order valence-electron chi connectivity index (χ2n) is 7.24. The molecule has 0 spiro atoms. The van der Waals surface area contributed by atoms with Gasteiger partial charge in [0.1, 0.15) is 18.5 Å². The highest BCUT2D eigenvalue weighted by atomic mass is 79.9. The van der Waals surface area contributed by atoms with E-state index in [9.17, 15) is 18.3 Å². The fourth-order valence-corrected chi connectivity index (χ4v) is 5.70. The number of aldehydes is 1. The molecule has 1 heterocycles. The first kappa shape index (κ1) is 22.0. The van der Waals surface area contributed by atoms with Crippen LogP contribution in [0.25, 0.3) is 0 Å². The van der Waals surface area contributed by atoms with Gasteiger partial charge in [0, 0.05) is 23.6 Å². The van der Waals surface area contributed by atoms with E-state index in [0.29, 0.717) is 30.6 Å². The van der Waals surface area contributed by atoms with E-state index in [4.69, 9.17) is 4.74 Å². The van der Waals surface area contributed by atoms with Gasteiger partial charge in [0.05, 0.1) is 17.1 Å². The zero-order valence-corrected chi connectivity index (χ0v) is 18.3. The Bertz CT molecular complexity index is 950. The summed E-state index contributed by atoms with van der Waals surface area (Å²) in [6.45, 7) is 0.816. The third-order valence-electron chi connectivity index (χ3n) is 4.92. The Morgan fingerprint density at radius 1 is 1.24 bits per heavy atom. The van der Waals surface area contributed by atoms with E-state index in [0.717, 1.165) is 10.0 Å². The molecule has 8 heteroatoms. The second-order valence-corrected chi connectivity index (χ2v) is 10.4. The van der Waals surface area contributed by atoms with Crippen molar-refractivity contribution < 1.29 is 23.1 Å². The van der Waals surface area contributed by atoms with E-state index in [1.165, 1.54) is 0 Å². The number of halogens is 1. The first-order valence-corrected chi connectivity index (χ1v) is 12.0. The van der Waals surface area contributed by atoms with Crippen molar-refractivity contribution in [3.8, 4) is 5.75 Å². The number of carbonyl (C=O) groups excluding carboxylic acids is 1. The molecule has 0 aromatic heterocycles. The molecule has 2 aromatic rings. The van der Waals surface area contributed by atoms with E-state index in [1.54, 1.807) is 24.3 Å². The predicted octanol–water partition coefficient (Wildman–Crippen LogP) is 2.69. The minimum Gasteiger partial charge on any atom is -0.490 e. The number of hydrogen-bond acceptors (Lipinski definition) is 6. The summed E-state index contributed by atoms with van der Waals surface area (Å²) < 4.78 is 30.5. The van der Waals surface area contributed by atoms with Crippen LogP contribution in [0.5, 0.6) is 5.75 Å². The van der Waals surface area contributed by atoms with Crippen LogP contribution in [0.2, 0.25) is 0 Å². The Morgan fingerprint density at radius 2 is 2.03 bits per heavy atom. The highest BCUT2D eigenvalue weighted by Crippen LogP contribution is 2.22. The van der Waals surface area contributed by atoms with Crippen molar-refractivity contribution >= 4 is 32.1 Å². The van der Waals surface area contributed by atoms with Crippen molar-refractivity contribution in [1.29, 1.82) is 0 Å². The maximum Gasteiger partial charge on any atom is 0.153 e. The topological polar surface area (TPSA) is 83.9 Å². The van der Waals surface area contributed by atoms with Gasteiger partial charge in [-0.2, -0.15) is 0 Å². The quantitative estimate of drug-likeness (QED) is 0.554. The number of aliphatic hydroxyl groups is 1. The molecule has 3 rings (SSSR count). The van der Waals surface area contributed by atoms with Crippen LogP contribution in [0.3, 0.4) is 0 Å². The maximum atomic E-state index is 12.0. The van der Waals surface area contributed by atoms with E-state index in [-0.39, 0.29) is 30.7 Å². The lowest BCUT2D eigenvalue weighted by Gasteiger charge is -2.30. The molecule has 0 aliphatic carbocycles. The Balaban J connectivity index is 1.67. The largest absolute Gasteiger partial charge is 0.490 e. The van der Waals surface area contributed by atoms with Gasteiger partial charge < -0.3 is 9.84 Å². The van der Waals surface area contributed by atoms with E-state index >= 15 is 0 Å². The molecule has 1 aliphatic rings. The third kappa shape index (κ3) is 6.37. The number of aliphatic hydroxyl groups excluding tert-OH is 1. The van der Waals surface area contributed by atoms with Crippen molar-refractivity contribution in [2.24, 2.45) is 0 Å². The molecule has 29 heavy (non-hydrogen) atoms. The number of hydrogen-bond donors (Lipinski definition) is 1. The number of para-hydroxylation sites is 1. The molecule has 1 N–H and O–H groups in total. The fraction of sp³-hybridized carbons (Fsp3) is 0.381. The second kappa shape index (κ2) is 9.84. The summed E-state index contributed by atoms with van der Waals surface area (Å²) in [7, 11) is -3.04. The van der Waals surface area contributed by atoms with E-state index in [1.807, 2.05) is 29.2 Å². The van der Waals surface area contributed by atoms with Crippen LogP contribution in [-0.4, -0.2) is 61.5 Å². The van der Waals surface area contributed by atoms with Crippen LogP contribution in [0.15, 0.2) is 53.0 Å². The van der Waals surface area contributed by atoms with Gasteiger partial charge in [-0.3, -0.25) is 9.69 Å². The molecule has 0 amide bonds. The van der Waals surface area contributed by atoms with Gasteiger partial charge in [-0.05, 0) is 36.2 Å². The van der Waals surface area contributed by atoms with Crippen LogP contribution >= 0.6 is 15.9 Å². The number of ether oxygens (including phenoxy) is 1. The predicted molar refractivity (Wildman–Crippen MR) is 115 cm³/mol. The fourth-order valence-electron chi connectivity index (χ4n) is 3.49. The number of nitrogens with zero attached hydrogens (tertiary/aromatic N) is 1. The Labute approximate surface area is 179 Å². The molecule has 1 fully saturated rings. The standard InChI is InChI=1S/C21H24BrNO5S/c22-18-6-3-4-16(10-18)11-23(19-8-9-29(26,27)15-19)12-20(25)14-28-21-7-2-1-5-17(21)13-24/h1-7,10,13,19-20,25H,8-9,11-12,14-15H2. The summed E-state index contributed by atoms with van der Waals surface area (Å²) in [4.78, 5) is 13.1. The lowest BCUT2D eigenvalue weighted by Crippen LogP contribution is -2.42. The van der Waals surface area contributed by atoms with Gasteiger partial charge >= 0.3 is 0 Å². The molecule has 0 saturated carbocycles. The van der Waals surface area contributed by atoms with Crippen molar-refractivity contribution in [2.45, 2.75) is 25.1 Å². The summed E-state index contributed by atoms with van der Waals surface area (Å²) in [5.41, 5.74) is 1.45. The van der Waals surface area contributed by atoms with E-state index in [2.05, 4.69) is 15.9 Å². The maximum absolute atomic E-state index is 12.0. The highest BCUT2D eigenvalue weighted by molar-refractivity contribution is 9.10. The van der Waals surface area contributed by atoms with Gasteiger partial charge in [0.25, 0.3) is 0 Å². The lowest BCUT2D eigenvalue weighted by atomic mass is 10.1. The molecule has 2 unspecified atom stereocenters. The smallest absolute Gasteiger partial charge is 0.153 e. The molecule has 1 saturated heterocycles. The molecule has 156 valence electrons. The van der Waals surface area contributed by atoms with Crippen LogP contribution in [0.1, 0.15) is 22.3 Å². The number of sulfone groups is 1. The lowest BCUT2D eigenvalue weighted by molar-refractivity contribution is 0.0522. The average molecular weight is 482 g/mol. The number of rotatable bonds is 9. The molecule has 0 radical (unpaired) electrons. The summed E-state index contributed by atoms with van der Waals surface area (Å²) >= 11 is 3.46. The van der Waals surface area contributed by atoms with Crippen molar-refractivity contribution in [2.75, 3.05) is 24.7 Å². The SMILES string of the molecule is O=Cc1ccccc1OCC(O)CN(Cc1cccc(Br)c1)C1CCS(=O)(=O)C1. The summed E-state index contributed by atoms with van der Waals surface area (Å²) in [6.07, 6.45) is 0.438. The van der Waals surface area contributed by atoms with Crippen LogP contribution in [-0.2, 0) is 16.4 Å². The zero-order valence-electron chi connectivity index (χ0n) is 15.9. The Kier molecular flexibility index (Phi) is 7.45. The average Bonchev–Trinajstić information content (AvgIpc) is 3.06. The first-order valence-electron chi connectivity index (χ1n) is 9.40. The summed E-state index contributed by atoms with van der Waals surface area (Å²) in [5.74, 6) is 0.692. The monoisotopic (exact) mass is 481 g/mol. The summed E-state index contributed by atoms with van der Waals surface area (Å²) in [5, 5.41) is 10.6. The molecule has 1 aliphatic heterocycles. The van der Waals surface area contributed by atoms with Crippen LogP contribution in [0, 0.1) is 0 Å². The molecule has 0 bridgehead atoms. The normalized spacial score (nSPS) is 19.2. The molecule has 2 atom stereocenters. The Morgan fingerprint density at radius 3 is 2.72 bits per heavy atom. The number of benzene rings is 2. The number of carbonyl (C=O) groups is 1. The summed E-state index contributed by atoms with van der Waals surface area (Å²) in [6, 6.07) is 14.5. The van der Waals surface area contributed by atoms with Crippen LogP contribution < -0.4 is 4.74 Å². The first-order chi connectivity index (χ1) is 13.9. The van der Waals surface area contributed by atoms with Crippen LogP contribution in [0.4, 0.5) is 0 Å². The minimum absolute atomic E-state index is 0.0132. The van der Waals surface area contributed by atoms with Crippen molar-refractivity contribution in [3.05, 3.63) is 64.1 Å². The highest BCUT2D eigenvalue weighted by Gasteiger charge is 2.33. The van der Waals surface area contributed by atoms with Crippen molar-refractivity contribution in [1.82, 2.24) is 4.90 Å².